The summed E-state index contributed by atoms with van der Waals surface area (Å²) < 4.78 is 54.5. The molecule has 2 heterocycles. The molecule has 0 saturated carbocycles. The molecule has 134 valence electrons. The van der Waals surface area contributed by atoms with Gasteiger partial charge in [-0.25, -0.2) is 16.8 Å². The van der Waals surface area contributed by atoms with E-state index in [0.717, 1.165) is 25.8 Å². The number of hydrogen-bond acceptors (Lipinski definition) is 5. The zero-order valence-electron chi connectivity index (χ0n) is 13.7. The van der Waals surface area contributed by atoms with Crippen molar-refractivity contribution < 1.29 is 16.8 Å². The van der Waals surface area contributed by atoms with E-state index in [9.17, 15) is 16.8 Å². The Hall–Kier alpha value is -1.00. The van der Waals surface area contributed by atoms with Crippen LogP contribution in [0.2, 0.25) is 0 Å². The van der Waals surface area contributed by atoms with Gasteiger partial charge in [0.2, 0.25) is 20.0 Å². The minimum absolute atomic E-state index is 0.121. The lowest BCUT2D eigenvalue weighted by molar-refractivity contribution is 0.386. The summed E-state index contributed by atoms with van der Waals surface area (Å²) in [6, 6.07) is 5.76. The summed E-state index contributed by atoms with van der Waals surface area (Å²) in [6.45, 7) is 2.23. The largest absolute Gasteiger partial charge is 0.315 e. The number of hydrogen-bond donors (Lipinski definition) is 1. The second-order valence-corrected chi connectivity index (χ2v) is 10.1. The van der Waals surface area contributed by atoms with Crippen LogP contribution < -0.4 is 5.32 Å². The van der Waals surface area contributed by atoms with Crippen molar-refractivity contribution in [2.45, 2.75) is 35.1 Å². The van der Waals surface area contributed by atoms with Crippen LogP contribution in [0, 0.1) is 0 Å². The van der Waals surface area contributed by atoms with Crippen molar-refractivity contribution in [1.82, 2.24) is 13.9 Å². The second-order valence-electron chi connectivity index (χ2n) is 6.23. The molecule has 24 heavy (non-hydrogen) atoms. The van der Waals surface area contributed by atoms with E-state index in [1.54, 1.807) is 12.1 Å². The van der Waals surface area contributed by atoms with Crippen LogP contribution in [-0.4, -0.2) is 64.7 Å². The first-order valence-electron chi connectivity index (χ1n) is 8.13. The molecule has 2 aliphatic rings. The molecule has 0 bridgehead atoms. The summed E-state index contributed by atoms with van der Waals surface area (Å²) in [5.41, 5.74) is 0. The third-order valence-electron chi connectivity index (χ3n) is 4.74. The molecule has 2 fully saturated rings. The lowest BCUT2D eigenvalue weighted by Crippen LogP contribution is -2.39. The van der Waals surface area contributed by atoms with Crippen LogP contribution in [0.15, 0.2) is 34.1 Å². The van der Waals surface area contributed by atoms with Crippen LogP contribution in [0.4, 0.5) is 0 Å². The van der Waals surface area contributed by atoms with Gasteiger partial charge in [-0.2, -0.15) is 8.61 Å². The molecule has 0 radical (unpaired) electrons. The highest BCUT2D eigenvalue weighted by molar-refractivity contribution is 7.92. The van der Waals surface area contributed by atoms with E-state index in [1.165, 1.54) is 27.8 Å². The molecule has 1 aromatic carbocycles. The maximum atomic E-state index is 13.0. The zero-order valence-corrected chi connectivity index (χ0v) is 15.3. The van der Waals surface area contributed by atoms with Gasteiger partial charge in [0, 0.05) is 32.7 Å². The molecule has 2 aliphatic heterocycles. The highest BCUT2D eigenvalue weighted by Crippen LogP contribution is 2.29. The zero-order chi connectivity index (χ0) is 17.4. The molecule has 0 spiro atoms. The topological polar surface area (TPSA) is 86.8 Å². The summed E-state index contributed by atoms with van der Waals surface area (Å²) in [7, 11) is -6.16. The van der Waals surface area contributed by atoms with Gasteiger partial charge in [0.1, 0.15) is 9.79 Å². The fraction of sp³-hybridized carbons (Fsp3) is 0.600. The molecular weight excluding hydrogens is 350 g/mol. The number of benzene rings is 1. The number of sulfonamides is 2. The molecule has 2 saturated heterocycles. The Morgan fingerprint density at radius 2 is 1.71 bits per heavy atom. The van der Waals surface area contributed by atoms with Gasteiger partial charge in [-0.3, -0.25) is 0 Å². The predicted octanol–water partition coefficient (Wildman–Crippen LogP) is 0.454. The van der Waals surface area contributed by atoms with E-state index in [2.05, 4.69) is 5.32 Å². The highest BCUT2D eigenvalue weighted by Gasteiger charge is 2.36. The summed E-state index contributed by atoms with van der Waals surface area (Å²) in [5.74, 6) is 0. The van der Waals surface area contributed by atoms with E-state index in [0.29, 0.717) is 19.6 Å². The first-order valence-corrected chi connectivity index (χ1v) is 11.0. The fourth-order valence-corrected chi connectivity index (χ4v) is 6.92. The Bertz CT molecular complexity index is 796. The van der Waals surface area contributed by atoms with Gasteiger partial charge in [0.25, 0.3) is 0 Å². The summed E-state index contributed by atoms with van der Waals surface area (Å²) in [5, 5.41) is 3.13. The molecule has 0 aromatic heterocycles. The van der Waals surface area contributed by atoms with Crippen molar-refractivity contribution in [2.75, 3.05) is 33.2 Å². The molecular formula is C15H23N3O4S2. The van der Waals surface area contributed by atoms with Crippen LogP contribution in [0.1, 0.15) is 19.3 Å². The normalized spacial score (nSPS) is 23.2. The fourth-order valence-electron chi connectivity index (χ4n) is 3.25. The van der Waals surface area contributed by atoms with Gasteiger partial charge >= 0.3 is 0 Å². The van der Waals surface area contributed by atoms with Gasteiger partial charge < -0.3 is 5.32 Å². The molecule has 7 nitrogen and oxygen atoms in total. The second kappa shape index (κ2) is 6.72. The minimum atomic E-state index is -3.88. The number of rotatable bonds is 5. The number of nitrogens with zero attached hydrogens (tertiary/aromatic N) is 2. The van der Waals surface area contributed by atoms with Crippen LogP contribution >= 0.6 is 0 Å². The van der Waals surface area contributed by atoms with Gasteiger partial charge in [0.05, 0.1) is 0 Å². The smallest absolute Gasteiger partial charge is 0.244 e. The van der Waals surface area contributed by atoms with E-state index >= 15 is 0 Å². The SMILES string of the molecule is CN(C1CCNC1)S(=O)(=O)c1ccccc1S(=O)(=O)N1CCCC1. The van der Waals surface area contributed by atoms with Gasteiger partial charge in [0.15, 0.2) is 0 Å². The quantitative estimate of drug-likeness (QED) is 0.810. The van der Waals surface area contributed by atoms with Crippen LogP contribution in [0.5, 0.6) is 0 Å². The van der Waals surface area contributed by atoms with Crippen LogP contribution in [0.3, 0.4) is 0 Å². The molecule has 0 aliphatic carbocycles. The Morgan fingerprint density at radius 3 is 2.29 bits per heavy atom. The van der Waals surface area contributed by atoms with E-state index in [4.69, 9.17) is 0 Å². The van der Waals surface area contributed by atoms with Crippen molar-refractivity contribution >= 4 is 20.0 Å². The van der Waals surface area contributed by atoms with Crippen molar-refractivity contribution in [1.29, 1.82) is 0 Å². The van der Waals surface area contributed by atoms with Crippen molar-refractivity contribution in [3.8, 4) is 0 Å². The Morgan fingerprint density at radius 1 is 1.08 bits per heavy atom. The standard InChI is InChI=1S/C15H23N3O4S2/c1-17(13-8-9-16-12-13)23(19,20)14-6-2-3-7-15(14)24(21,22)18-10-4-5-11-18/h2-3,6-7,13,16H,4-5,8-12H2,1H3. The molecule has 1 aromatic rings. The molecule has 3 rings (SSSR count). The minimum Gasteiger partial charge on any atom is -0.315 e. The van der Waals surface area contributed by atoms with Crippen LogP contribution in [-0.2, 0) is 20.0 Å². The van der Waals surface area contributed by atoms with Gasteiger partial charge in [-0.05, 0) is 37.9 Å². The van der Waals surface area contributed by atoms with Crippen molar-refractivity contribution in [2.24, 2.45) is 0 Å². The maximum Gasteiger partial charge on any atom is 0.244 e. The Labute approximate surface area is 143 Å². The average molecular weight is 374 g/mol. The first kappa shape index (κ1) is 17.8. The van der Waals surface area contributed by atoms with E-state index in [1.807, 2.05) is 0 Å². The Balaban J connectivity index is 2.02. The van der Waals surface area contributed by atoms with Crippen molar-refractivity contribution in [3.05, 3.63) is 24.3 Å². The molecule has 1 atom stereocenters. The predicted molar refractivity (Wildman–Crippen MR) is 90.7 cm³/mol. The van der Waals surface area contributed by atoms with Crippen LogP contribution in [0.25, 0.3) is 0 Å². The maximum absolute atomic E-state index is 13.0. The lowest BCUT2D eigenvalue weighted by Gasteiger charge is -2.25. The van der Waals surface area contributed by atoms with Crippen molar-refractivity contribution in [3.63, 3.8) is 0 Å². The highest BCUT2D eigenvalue weighted by atomic mass is 32.2. The lowest BCUT2D eigenvalue weighted by atomic mass is 10.3. The third kappa shape index (κ3) is 3.11. The number of nitrogens with one attached hydrogen (secondary N) is 1. The number of likely N-dealkylation sites (N-methyl/N-ethyl adjacent to an activating group) is 1. The third-order valence-corrected chi connectivity index (χ3v) is 8.79. The van der Waals surface area contributed by atoms with E-state index < -0.39 is 20.0 Å². The van der Waals surface area contributed by atoms with Gasteiger partial charge in [-0.1, -0.05) is 12.1 Å². The summed E-state index contributed by atoms with van der Waals surface area (Å²) in [6.07, 6.45) is 2.33. The molecule has 0 amide bonds. The van der Waals surface area contributed by atoms with E-state index in [-0.39, 0.29) is 15.8 Å². The summed E-state index contributed by atoms with van der Waals surface area (Å²) >= 11 is 0. The van der Waals surface area contributed by atoms with Gasteiger partial charge in [-0.15, -0.1) is 0 Å². The Kier molecular flexibility index (Phi) is 4.99. The first-order chi connectivity index (χ1) is 11.3. The molecule has 1 N–H and O–H groups in total. The monoisotopic (exact) mass is 373 g/mol. The molecule has 9 heteroatoms. The molecule has 1 unspecified atom stereocenters. The average Bonchev–Trinajstić information content (AvgIpc) is 3.27. The summed E-state index contributed by atoms with van der Waals surface area (Å²) in [4.78, 5) is -0.254.